The van der Waals surface area contributed by atoms with E-state index in [4.69, 9.17) is 47.1 Å². The summed E-state index contributed by atoms with van der Waals surface area (Å²) in [5, 5.41) is 29.3. The molecule has 2 amide bonds. The van der Waals surface area contributed by atoms with E-state index in [9.17, 15) is 14.7 Å². The van der Waals surface area contributed by atoms with Gasteiger partial charge in [-0.05, 0) is 18.8 Å². The molecule has 0 spiro atoms. The highest BCUT2D eigenvalue weighted by Crippen LogP contribution is 2.24. The molecule has 23 nitrogen and oxygen atoms in total. The van der Waals surface area contributed by atoms with Gasteiger partial charge in [0, 0.05) is 84.3 Å². The number of nitrogens with one attached hydrogen (secondary N) is 2. The van der Waals surface area contributed by atoms with Crippen molar-refractivity contribution < 1.29 is 33.9 Å². The van der Waals surface area contributed by atoms with E-state index in [1.807, 2.05) is 28.5 Å². The maximum absolute atomic E-state index is 13.8. The van der Waals surface area contributed by atoms with Crippen LogP contribution >= 0.6 is 0 Å². The fraction of sp³-hybridized carbons (Fsp3) is 0.676. The number of carbonyl (C=O) groups excluding carboxylic acids is 2. The molecule has 7 N–H and O–H groups in total. The summed E-state index contributed by atoms with van der Waals surface area (Å²) in [5.41, 5.74) is 12.3. The quantitative estimate of drug-likeness (QED) is 0.0248. The molecule has 2 aliphatic heterocycles. The average Bonchev–Trinajstić information content (AvgIpc) is 3.90. The molecule has 0 radical (unpaired) electrons. The number of aliphatic hydroxyl groups is 1. The summed E-state index contributed by atoms with van der Waals surface area (Å²) >= 11 is 0. The number of aryl methyl sites for hydroxylation is 1. The van der Waals surface area contributed by atoms with Gasteiger partial charge in [-0.1, -0.05) is 30.2 Å². The Bertz CT molecular complexity index is 1840. The SMILES string of the molecule is C#CCOCCOCCOCCNc1nc(N2CCN(C(=O)Cn3cc(CCC[NH+]=C(N)N)nn3)CC2)nc(N2CCN(C(=O)[C@H](C(C)C)n3cc(CCO)nn3)CC2)n1. The van der Waals surface area contributed by atoms with Crippen LogP contribution in [0.1, 0.15) is 37.7 Å². The number of hydrogen-bond acceptors (Lipinski definition) is 16. The van der Waals surface area contributed by atoms with E-state index in [-0.39, 0.29) is 43.5 Å². The Balaban J connectivity index is 1.18. The van der Waals surface area contributed by atoms with E-state index < -0.39 is 6.04 Å². The van der Waals surface area contributed by atoms with Crippen LogP contribution in [0.25, 0.3) is 0 Å². The van der Waals surface area contributed by atoms with E-state index in [0.717, 1.165) is 12.1 Å². The molecule has 0 unspecified atom stereocenters. The summed E-state index contributed by atoms with van der Waals surface area (Å²) in [7, 11) is 0. The van der Waals surface area contributed by atoms with Gasteiger partial charge in [-0.15, -0.1) is 16.6 Å². The zero-order valence-electron chi connectivity index (χ0n) is 34.7. The van der Waals surface area contributed by atoms with Crippen molar-refractivity contribution in [3.8, 4) is 12.3 Å². The van der Waals surface area contributed by atoms with Gasteiger partial charge >= 0.3 is 5.96 Å². The van der Waals surface area contributed by atoms with Crippen LogP contribution in [0.5, 0.6) is 0 Å². The number of hydrogen-bond donors (Lipinski definition) is 5. The van der Waals surface area contributed by atoms with Gasteiger partial charge in [0.1, 0.15) is 19.2 Å². The van der Waals surface area contributed by atoms with Crippen LogP contribution in [0.4, 0.5) is 17.8 Å². The Morgan fingerprint density at radius 3 is 2.10 bits per heavy atom. The number of anilines is 3. The zero-order valence-corrected chi connectivity index (χ0v) is 34.7. The summed E-state index contributed by atoms with van der Waals surface area (Å²) in [6.07, 6.45) is 10.5. The molecule has 60 heavy (non-hydrogen) atoms. The Morgan fingerprint density at radius 1 is 0.850 bits per heavy atom. The molecule has 0 saturated carbocycles. The third-order valence-corrected chi connectivity index (χ3v) is 9.78. The average molecular weight is 839 g/mol. The standard InChI is InChI=1S/C37H59N17O6/c1-4-19-58-21-23-60-24-22-59-20-9-41-35-42-36(51-14-10-49(11-15-51)31(56)27-53-25-29(45-47-53)6-5-8-40-34(38)39)44-37(43-35)52-16-12-50(13-17-52)33(57)32(28(2)3)54-26-30(7-18-55)46-48-54/h1,25-26,28,32,55H,5-24,27H2,2-3H3,(H4,38,39,40)(H,41,42,43,44)/p+1/t32-/m0/s1. The number of carbonyl (C=O) groups is 2. The highest BCUT2D eigenvalue weighted by molar-refractivity contribution is 5.81. The smallest absolute Gasteiger partial charge is 0.338 e. The number of terminal acetylenes is 1. The highest BCUT2D eigenvalue weighted by atomic mass is 16.5. The monoisotopic (exact) mass is 838 g/mol. The lowest BCUT2D eigenvalue weighted by atomic mass is 10.0. The van der Waals surface area contributed by atoms with Crippen LogP contribution < -0.4 is 31.6 Å². The van der Waals surface area contributed by atoms with Crippen molar-refractivity contribution in [1.82, 2.24) is 54.7 Å². The normalized spacial score (nSPS) is 15.0. The molecule has 1 atom stereocenters. The first-order chi connectivity index (χ1) is 29.1. The van der Waals surface area contributed by atoms with E-state index in [1.54, 1.807) is 21.8 Å². The number of aromatic nitrogens is 9. The summed E-state index contributed by atoms with van der Waals surface area (Å²) in [6.45, 7) is 11.3. The van der Waals surface area contributed by atoms with E-state index in [0.29, 0.717) is 135 Å². The van der Waals surface area contributed by atoms with Gasteiger partial charge in [-0.2, -0.15) is 15.0 Å². The molecule has 0 aromatic carbocycles. The van der Waals surface area contributed by atoms with E-state index >= 15 is 0 Å². The molecular weight excluding hydrogens is 779 g/mol. The Morgan fingerprint density at radius 2 is 1.47 bits per heavy atom. The molecule has 3 aromatic rings. The number of piperazine rings is 2. The highest BCUT2D eigenvalue weighted by Gasteiger charge is 2.33. The fourth-order valence-corrected chi connectivity index (χ4v) is 6.64. The van der Waals surface area contributed by atoms with Gasteiger partial charge in [-0.25, -0.2) is 9.36 Å². The Hall–Kier alpha value is -5.70. The van der Waals surface area contributed by atoms with Crippen molar-refractivity contribution >= 4 is 35.6 Å². The minimum absolute atomic E-state index is 0.0276. The molecule has 0 aliphatic carbocycles. The van der Waals surface area contributed by atoms with Gasteiger partial charge in [0.15, 0.2) is 0 Å². The second kappa shape index (κ2) is 23.8. The van der Waals surface area contributed by atoms with Crippen molar-refractivity contribution in [3.05, 3.63) is 23.8 Å². The third kappa shape index (κ3) is 14.0. The number of ether oxygens (including phenoxy) is 3. The molecule has 23 heteroatoms. The van der Waals surface area contributed by atoms with Gasteiger partial charge in [0.2, 0.25) is 29.7 Å². The second-order valence-electron chi connectivity index (χ2n) is 14.6. The first-order valence-corrected chi connectivity index (χ1v) is 20.4. The number of nitrogens with zero attached hydrogens (tertiary/aromatic N) is 13. The summed E-state index contributed by atoms with van der Waals surface area (Å²) in [4.78, 5) is 52.1. The zero-order chi connectivity index (χ0) is 42.7. The van der Waals surface area contributed by atoms with Crippen molar-refractivity contribution in [2.75, 3.05) is 127 Å². The first kappa shape index (κ1) is 45.4. The molecule has 2 saturated heterocycles. The van der Waals surface area contributed by atoms with Crippen molar-refractivity contribution in [1.29, 1.82) is 0 Å². The lowest BCUT2D eigenvalue weighted by molar-refractivity contribution is -0.459. The van der Waals surface area contributed by atoms with Crippen molar-refractivity contribution in [2.24, 2.45) is 17.4 Å². The van der Waals surface area contributed by atoms with Crippen LogP contribution in [0.15, 0.2) is 12.4 Å². The number of aliphatic hydroxyl groups excluding tert-OH is 1. The second-order valence-corrected chi connectivity index (χ2v) is 14.6. The van der Waals surface area contributed by atoms with Gasteiger partial charge in [0.05, 0.1) is 51.0 Å². The lowest BCUT2D eigenvalue weighted by Gasteiger charge is -2.38. The summed E-state index contributed by atoms with van der Waals surface area (Å²) in [6, 6.07) is -0.522. The minimum Gasteiger partial charge on any atom is -0.396 e. The van der Waals surface area contributed by atoms with Gasteiger partial charge in [0.25, 0.3) is 0 Å². The molecule has 328 valence electrons. The lowest BCUT2D eigenvalue weighted by Crippen LogP contribution is -2.78. The van der Waals surface area contributed by atoms with Crippen LogP contribution in [0, 0.1) is 18.3 Å². The van der Waals surface area contributed by atoms with E-state index in [2.05, 4.69) is 41.8 Å². The third-order valence-electron chi connectivity index (χ3n) is 9.78. The van der Waals surface area contributed by atoms with Crippen molar-refractivity contribution in [2.45, 2.75) is 45.7 Å². The first-order valence-electron chi connectivity index (χ1n) is 20.4. The summed E-state index contributed by atoms with van der Waals surface area (Å²) in [5.74, 6) is 3.84. The number of guanidine groups is 1. The molecule has 2 aliphatic rings. The van der Waals surface area contributed by atoms with Crippen LogP contribution in [0.2, 0.25) is 0 Å². The molecule has 0 bridgehead atoms. The van der Waals surface area contributed by atoms with Crippen LogP contribution in [-0.4, -0.2) is 189 Å². The molecule has 2 fully saturated rings. The van der Waals surface area contributed by atoms with Crippen LogP contribution in [-0.2, 0) is 43.2 Å². The largest absolute Gasteiger partial charge is 0.396 e. The fourth-order valence-electron chi connectivity index (χ4n) is 6.64. The maximum atomic E-state index is 13.8. The predicted molar refractivity (Wildman–Crippen MR) is 219 cm³/mol. The van der Waals surface area contributed by atoms with Gasteiger partial charge < -0.3 is 44.2 Å². The number of amides is 2. The Kier molecular flexibility index (Phi) is 18.0. The maximum Gasteiger partial charge on any atom is 0.338 e. The molecule has 5 heterocycles. The molecule has 5 rings (SSSR count). The number of nitrogens with two attached hydrogens (primary N) is 2. The molecule has 3 aromatic heterocycles. The van der Waals surface area contributed by atoms with E-state index in [1.165, 1.54) is 0 Å². The van der Waals surface area contributed by atoms with Crippen molar-refractivity contribution in [3.63, 3.8) is 0 Å². The van der Waals surface area contributed by atoms with Gasteiger partial charge in [-0.3, -0.25) is 26.0 Å². The number of rotatable bonds is 24. The Labute approximate surface area is 349 Å². The predicted octanol–water partition coefficient (Wildman–Crippen LogP) is -4.13. The topological polar surface area (TPSA) is 273 Å². The minimum atomic E-state index is -0.522. The van der Waals surface area contributed by atoms with Crippen LogP contribution in [0.3, 0.4) is 0 Å². The molecular formula is C37H60N17O6+. The summed E-state index contributed by atoms with van der Waals surface area (Å²) < 4.78 is 19.6.